The number of ether oxygens (including phenoxy) is 1. The van der Waals surface area contributed by atoms with Crippen LogP contribution < -0.4 is 10.2 Å². The highest BCUT2D eigenvalue weighted by Gasteiger charge is 2.46. The monoisotopic (exact) mass is 805 g/mol. The number of carbonyl (C=O) groups excluding carboxylic acids is 2. The zero-order valence-corrected chi connectivity index (χ0v) is 34.3. The van der Waals surface area contributed by atoms with Gasteiger partial charge in [0.1, 0.15) is 34.8 Å². The quantitative estimate of drug-likeness (QED) is 0.0935. The molecule has 2 N–H and O–H groups in total. The van der Waals surface area contributed by atoms with Gasteiger partial charge in [-0.2, -0.15) is 0 Å². The maximum Gasteiger partial charge on any atom is 0.307 e. The van der Waals surface area contributed by atoms with Gasteiger partial charge in [-0.1, -0.05) is 115 Å². The fourth-order valence-electron chi connectivity index (χ4n) is 8.58. The van der Waals surface area contributed by atoms with Gasteiger partial charge in [0.05, 0.1) is 23.3 Å². The van der Waals surface area contributed by atoms with Gasteiger partial charge < -0.3 is 24.5 Å². The lowest BCUT2D eigenvalue weighted by molar-refractivity contribution is -0.161. The predicted molar refractivity (Wildman–Crippen MR) is 231 cm³/mol. The van der Waals surface area contributed by atoms with Crippen LogP contribution in [0.4, 0.5) is 5.82 Å². The molecule has 1 amide bonds. The van der Waals surface area contributed by atoms with Crippen molar-refractivity contribution in [3.63, 3.8) is 0 Å². The Morgan fingerprint density at radius 2 is 1.41 bits per heavy atom. The fourth-order valence-corrected chi connectivity index (χ4v) is 8.71. The zero-order chi connectivity index (χ0) is 41.0. The highest BCUT2D eigenvalue weighted by atomic mass is 35.5. The first kappa shape index (κ1) is 39.6. The van der Waals surface area contributed by atoms with Crippen molar-refractivity contribution >= 4 is 40.3 Å². The van der Waals surface area contributed by atoms with Gasteiger partial charge in [0.2, 0.25) is 5.91 Å². The van der Waals surface area contributed by atoms with Gasteiger partial charge in [0, 0.05) is 43.1 Å². The van der Waals surface area contributed by atoms with Crippen LogP contribution in [0.3, 0.4) is 0 Å². The van der Waals surface area contributed by atoms with Crippen LogP contribution in [0.1, 0.15) is 74.2 Å². The minimum absolute atomic E-state index is 0.0611. The Balaban J connectivity index is 1.18. The van der Waals surface area contributed by atoms with Crippen molar-refractivity contribution in [3.05, 3.63) is 179 Å². The number of piperidine rings is 1. The van der Waals surface area contributed by atoms with Crippen LogP contribution in [0, 0.1) is 5.41 Å². The molecule has 8 rings (SSSR count). The van der Waals surface area contributed by atoms with Crippen molar-refractivity contribution in [2.75, 3.05) is 18.0 Å². The molecule has 3 aromatic heterocycles. The van der Waals surface area contributed by atoms with Crippen LogP contribution in [0.15, 0.2) is 146 Å². The summed E-state index contributed by atoms with van der Waals surface area (Å²) in [5.74, 6) is 0.938. The number of aromatic nitrogens is 5. The van der Waals surface area contributed by atoms with Crippen LogP contribution in [0.2, 0.25) is 5.02 Å². The minimum Gasteiger partial charge on any atom is -0.460 e. The number of rotatable bonds is 12. The highest BCUT2D eigenvalue weighted by Crippen LogP contribution is 2.43. The van der Waals surface area contributed by atoms with Crippen LogP contribution in [-0.2, 0) is 26.3 Å². The number of imidazole rings is 1. The van der Waals surface area contributed by atoms with Crippen molar-refractivity contribution in [3.8, 4) is 0 Å². The molecule has 0 radical (unpaired) electrons. The van der Waals surface area contributed by atoms with Crippen molar-refractivity contribution in [2.45, 2.75) is 63.6 Å². The van der Waals surface area contributed by atoms with Crippen molar-refractivity contribution in [2.24, 2.45) is 5.41 Å². The summed E-state index contributed by atoms with van der Waals surface area (Å²) in [7, 11) is 0. The second-order valence-corrected chi connectivity index (χ2v) is 16.7. The second kappa shape index (κ2) is 16.5. The number of nitrogens with one attached hydrogen (secondary N) is 2. The van der Waals surface area contributed by atoms with E-state index >= 15 is 4.79 Å². The summed E-state index contributed by atoms with van der Waals surface area (Å²) < 4.78 is 8.09. The average molecular weight is 806 g/mol. The molecule has 1 unspecified atom stereocenters. The largest absolute Gasteiger partial charge is 0.460 e. The molecule has 10 nitrogen and oxygen atoms in total. The molecule has 0 aliphatic carbocycles. The molecule has 1 fully saturated rings. The van der Waals surface area contributed by atoms with E-state index in [1.165, 1.54) is 0 Å². The maximum atomic E-state index is 15.1. The first-order valence-electron chi connectivity index (χ1n) is 20.1. The van der Waals surface area contributed by atoms with E-state index in [0.717, 1.165) is 44.9 Å². The van der Waals surface area contributed by atoms with E-state index in [9.17, 15) is 4.79 Å². The Hall–Kier alpha value is -6.26. The number of nitrogens with zero attached hydrogens (tertiary/aromatic N) is 5. The van der Waals surface area contributed by atoms with Gasteiger partial charge in [-0.15, -0.1) is 0 Å². The molecule has 1 aliphatic heterocycles. The van der Waals surface area contributed by atoms with E-state index < -0.39 is 28.6 Å². The SMILES string of the molecule is CC(C)(C)OC(=O)CC1(C(=O)NC(Cc2nccn2C(c2ccccc2)(c2ccccc2)c2ccccc2)c2ccc(Cl)cc2)CCN(c2ncnc3[nH]ccc23)CC1. The van der Waals surface area contributed by atoms with E-state index in [-0.39, 0.29) is 12.3 Å². The predicted octanol–water partition coefficient (Wildman–Crippen LogP) is 9.07. The molecule has 59 heavy (non-hydrogen) atoms. The topological polar surface area (TPSA) is 118 Å². The van der Waals surface area contributed by atoms with Crippen LogP contribution in [0.5, 0.6) is 0 Å². The van der Waals surface area contributed by atoms with Crippen molar-refractivity contribution in [1.29, 1.82) is 0 Å². The minimum atomic E-state index is -1.05. The van der Waals surface area contributed by atoms with Gasteiger partial charge >= 0.3 is 5.97 Å². The molecule has 11 heteroatoms. The summed E-state index contributed by atoms with van der Waals surface area (Å²) in [6, 6.07) is 40.3. The summed E-state index contributed by atoms with van der Waals surface area (Å²) >= 11 is 6.43. The van der Waals surface area contributed by atoms with E-state index in [4.69, 9.17) is 21.3 Å². The summed E-state index contributed by atoms with van der Waals surface area (Å²) in [5, 5.41) is 4.95. The Morgan fingerprint density at radius 1 is 0.814 bits per heavy atom. The number of benzene rings is 4. The number of hydrogen-bond donors (Lipinski definition) is 2. The Morgan fingerprint density at radius 3 is 1.98 bits per heavy atom. The third-order valence-corrected chi connectivity index (χ3v) is 11.6. The third-order valence-electron chi connectivity index (χ3n) is 11.4. The summed E-state index contributed by atoms with van der Waals surface area (Å²) in [5.41, 5.74) is 2.24. The molecular weight excluding hydrogens is 758 g/mol. The lowest BCUT2D eigenvalue weighted by Gasteiger charge is -2.42. The molecule has 1 saturated heterocycles. The number of aromatic amines is 1. The van der Waals surface area contributed by atoms with Gasteiger partial charge in [-0.25, -0.2) is 15.0 Å². The lowest BCUT2D eigenvalue weighted by atomic mass is 9.74. The second-order valence-electron chi connectivity index (χ2n) is 16.3. The molecule has 0 bridgehead atoms. The van der Waals surface area contributed by atoms with Gasteiger partial charge in [-0.05, 0) is 74.1 Å². The maximum absolute atomic E-state index is 15.1. The Kier molecular flexibility index (Phi) is 11.1. The first-order chi connectivity index (χ1) is 28.6. The van der Waals surface area contributed by atoms with E-state index in [1.54, 1.807) is 6.33 Å². The van der Waals surface area contributed by atoms with Gasteiger partial charge in [0.25, 0.3) is 0 Å². The summed E-state index contributed by atoms with van der Waals surface area (Å²) in [6.45, 7) is 6.55. The van der Waals surface area contributed by atoms with Crippen LogP contribution in [-0.4, -0.2) is 55.1 Å². The van der Waals surface area contributed by atoms with Crippen LogP contribution >= 0.6 is 11.6 Å². The van der Waals surface area contributed by atoms with E-state index in [0.29, 0.717) is 37.4 Å². The first-order valence-corrected chi connectivity index (χ1v) is 20.4. The normalized spacial score (nSPS) is 14.8. The standard InChI is InChI=1S/C48H48ClN7O3/c1-46(2,3)59-42(57)32-47(24-28-55(29-25-47)44-39-23-26-51-43(39)52-33-53-44)45(58)54-40(34-19-21-38(49)22-20-34)31-41-50-27-30-56(41)48(35-13-7-4-8-14-35,36-15-9-5-10-16-36)37-17-11-6-12-18-37/h4-23,26-27,30,33,40H,24-25,28-29,31-32H2,1-3H3,(H,54,58)(H,51,52,53). The third kappa shape index (κ3) is 8.10. The lowest BCUT2D eigenvalue weighted by Crippen LogP contribution is -2.51. The number of anilines is 1. The molecule has 0 saturated carbocycles. The number of carbonyl (C=O) groups is 2. The molecule has 4 heterocycles. The average Bonchev–Trinajstić information content (AvgIpc) is 3.92. The fraction of sp³-hybridized carbons (Fsp3) is 0.271. The smallest absolute Gasteiger partial charge is 0.307 e. The van der Waals surface area contributed by atoms with Gasteiger partial charge in [-0.3, -0.25) is 9.59 Å². The van der Waals surface area contributed by atoms with Crippen molar-refractivity contribution < 1.29 is 14.3 Å². The number of fused-ring (bicyclic) bond motifs is 1. The number of esters is 1. The number of hydrogen-bond acceptors (Lipinski definition) is 7. The molecule has 7 aromatic rings. The summed E-state index contributed by atoms with van der Waals surface area (Å²) in [6.07, 6.45) is 8.35. The van der Waals surface area contributed by atoms with Crippen molar-refractivity contribution in [1.82, 2.24) is 29.8 Å². The van der Waals surface area contributed by atoms with Gasteiger partial charge in [0.15, 0.2) is 0 Å². The molecule has 4 aromatic carbocycles. The molecule has 1 aliphatic rings. The Labute approximate surface area is 349 Å². The molecular formula is C48H48ClN7O3. The Bertz CT molecular complexity index is 2410. The number of H-pyrrole nitrogens is 1. The zero-order valence-electron chi connectivity index (χ0n) is 33.5. The molecule has 0 spiro atoms. The van der Waals surface area contributed by atoms with E-state index in [1.807, 2.05) is 87.9 Å². The molecule has 300 valence electrons. The number of halogens is 1. The summed E-state index contributed by atoms with van der Waals surface area (Å²) in [4.78, 5) is 48.1. The number of amides is 1. The molecule has 1 atom stereocenters. The van der Waals surface area contributed by atoms with E-state index in [2.05, 4.69) is 103 Å². The highest BCUT2D eigenvalue weighted by molar-refractivity contribution is 6.30. The van der Waals surface area contributed by atoms with Crippen LogP contribution in [0.25, 0.3) is 11.0 Å².